The molecule has 0 saturated carbocycles. The summed E-state index contributed by atoms with van der Waals surface area (Å²) in [5.74, 6) is -0.202. The maximum Gasteiger partial charge on any atom is 0.271 e. The summed E-state index contributed by atoms with van der Waals surface area (Å²) in [7, 11) is 0. The lowest BCUT2D eigenvalue weighted by Crippen LogP contribution is -2.52. The van der Waals surface area contributed by atoms with Gasteiger partial charge in [-0.1, -0.05) is 6.07 Å². The first-order valence-electron chi connectivity index (χ1n) is 9.88. The number of aromatic nitrogens is 2. The van der Waals surface area contributed by atoms with E-state index in [1.807, 2.05) is 12.3 Å². The lowest BCUT2D eigenvalue weighted by Gasteiger charge is -2.37. The van der Waals surface area contributed by atoms with Gasteiger partial charge in [0.15, 0.2) is 4.96 Å². The summed E-state index contributed by atoms with van der Waals surface area (Å²) in [6, 6.07) is 7.12. The molecule has 3 aromatic rings. The van der Waals surface area contributed by atoms with Gasteiger partial charge in [0.25, 0.3) is 11.2 Å². The molecule has 31 heavy (non-hydrogen) atoms. The van der Waals surface area contributed by atoms with E-state index < -0.39 is 4.92 Å². The molecule has 1 aliphatic heterocycles. The second-order valence-corrected chi connectivity index (χ2v) is 8.30. The zero-order valence-corrected chi connectivity index (χ0v) is 17.7. The lowest BCUT2D eigenvalue weighted by molar-refractivity contribution is -0.384. The third-order valence-electron chi connectivity index (χ3n) is 5.40. The monoisotopic (exact) mass is 442 g/mol. The van der Waals surface area contributed by atoms with E-state index in [1.54, 1.807) is 24.4 Å². The minimum absolute atomic E-state index is 0.0620. The molecule has 2 aromatic heterocycles. The highest BCUT2D eigenvalue weighted by molar-refractivity contribution is 7.15. The number of amides is 1. The lowest BCUT2D eigenvalue weighted by atomic mass is 10.2. The van der Waals surface area contributed by atoms with E-state index in [9.17, 15) is 19.7 Å². The van der Waals surface area contributed by atoms with Crippen molar-refractivity contribution in [3.05, 3.63) is 68.1 Å². The van der Waals surface area contributed by atoms with Gasteiger partial charge in [0.05, 0.1) is 16.7 Å². The van der Waals surface area contributed by atoms with Crippen LogP contribution in [-0.4, -0.2) is 62.2 Å². The Labute approximate surface area is 181 Å². The Balaban J connectivity index is 1.32. The SMILES string of the molecule is CC(C(=O)Nc1cccc([N+](=O)[O-])c1)N1CCN(Cc2cc(=O)n3ccsc3n2)CC1. The average molecular weight is 443 g/mol. The van der Waals surface area contributed by atoms with E-state index in [-0.39, 0.29) is 23.2 Å². The van der Waals surface area contributed by atoms with Gasteiger partial charge in [-0.05, 0) is 13.0 Å². The average Bonchev–Trinajstić information content (AvgIpc) is 3.23. The van der Waals surface area contributed by atoms with Crippen LogP contribution in [-0.2, 0) is 11.3 Å². The second kappa shape index (κ2) is 8.92. The zero-order valence-electron chi connectivity index (χ0n) is 16.9. The topological polar surface area (TPSA) is 113 Å². The second-order valence-electron chi connectivity index (χ2n) is 7.43. The van der Waals surface area contributed by atoms with Crippen molar-refractivity contribution in [1.29, 1.82) is 0 Å². The molecular weight excluding hydrogens is 420 g/mol. The number of nitrogens with zero attached hydrogens (tertiary/aromatic N) is 5. The van der Waals surface area contributed by atoms with Crippen LogP contribution < -0.4 is 10.9 Å². The van der Waals surface area contributed by atoms with Gasteiger partial charge in [-0.25, -0.2) is 4.98 Å². The molecule has 3 heterocycles. The summed E-state index contributed by atoms with van der Waals surface area (Å²) in [6.45, 7) is 5.31. The van der Waals surface area contributed by atoms with Crippen molar-refractivity contribution in [1.82, 2.24) is 19.2 Å². The van der Waals surface area contributed by atoms with E-state index in [4.69, 9.17) is 0 Å². The van der Waals surface area contributed by atoms with E-state index in [0.29, 0.717) is 30.3 Å². The van der Waals surface area contributed by atoms with Crippen molar-refractivity contribution < 1.29 is 9.72 Å². The summed E-state index contributed by atoms with van der Waals surface area (Å²) in [6.07, 6.45) is 1.72. The zero-order chi connectivity index (χ0) is 22.0. The third kappa shape index (κ3) is 4.79. The van der Waals surface area contributed by atoms with E-state index >= 15 is 0 Å². The van der Waals surface area contributed by atoms with Crippen LogP contribution in [0.4, 0.5) is 11.4 Å². The van der Waals surface area contributed by atoms with Gasteiger partial charge in [-0.2, -0.15) is 0 Å². The number of fused-ring (bicyclic) bond motifs is 1. The van der Waals surface area contributed by atoms with Crippen molar-refractivity contribution >= 4 is 33.6 Å². The number of nitro groups is 1. The quantitative estimate of drug-likeness (QED) is 0.457. The number of nitrogens with one attached hydrogen (secondary N) is 1. The number of piperazine rings is 1. The molecule has 0 aliphatic carbocycles. The third-order valence-corrected chi connectivity index (χ3v) is 6.16. The minimum Gasteiger partial charge on any atom is -0.324 e. The first-order chi connectivity index (χ1) is 14.9. The Morgan fingerprint density at radius 1 is 1.29 bits per heavy atom. The Hall–Kier alpha value is -3.15. The Morgan fingerprint density at radius 2 is 2.06 bits per heavy atom. The maximum absolute atomic E-state index is 12.6. The Morgan fingerprint density at radius 3 is 2.81 bits per heavy atom. The molecular formula is C20H22N6O4S. The fourth-order valence-corrected chi connectivity index (χ4v) is 4.36. The number of nitro benzene ring substituents is 1. The molecule has 1 saturated heterocycles. The van der Waals surface area contributed by atoms with Crippen molar-refractivity contribution in [2.24, 2.45) is 0 Å². The van der Waals surface area contributed by atoms with Crippen molar-refractivity contribution in [2.75, 3.05) is 31.5 Å². The van der Waals surface area contributed by atoms with Gasteiger partial charge in [0.2, 0.25) is 5.91 Å². The Bertz CT molecular complexity index is 1170. The number of rotatable bonds is 6. The molecule has 1 atom stereocenters. The fourth-order valence-electron chi connectivity index (χ4n) is 3.62. The smallest absolute Gasteiger partial charge is 0.271 e. The molecule has 1 N–H and O–H groups in total. The summed E-state index contributed by atoms with van der Waals surface area (Å²) in [5, 5.41) is 15.5. The highest BCUT2D eigenvalue weighted by Gasteiger charge is 2.26. The molecule has 10 nitrogen and oxygen atoms in total. The summed E-state index contributed by atoms with van der Waals surface area (Å²) >= 11 is 1.43. The van der Waals surface area contributed by atoms with Crippen LogP contribution in [0.3, 0.4) is 0 Å². The number of benzene rings is 1. The van der Waals surface area contributed by atoms with Crippen molar-refractivity contribution in [3.8, 4) is 0 Å². The molecule has 1 amide bonds. The molecule has 162 valence electrons. The highest BCUT2D eigenvalue weighted by atomic mass is 32.1. The number of hydrogen-bond acceptors (Lipinski definition) is 8. The first-order valence-corrected chi connectivity index (χ1v) is 10.8. The molecule has 0 spiro atoms. The molecule has 0 bridgehead atoms. The number of non-ortho nitro benzene ring substituents is 1. The molecule has 0 radical (unpaired) electrons. The van der Waals surface area contributed by atoms with Gasteiger partial charge in [-0.15, -0.1) is 11.3 Å². The number of anilines is 1. The minimum atomic E-state index is -0.488. The van der Waals surface area contributed by atoms with E-state index in [1.165, 1.54) is 27.9 Å². The van der Waals surface area contributed by atoms with Gasteiger partial charge >= 0.3 is 0 Å². The standard InChI is InChI=1S/C20H22N6O4S/c1-14(19(28)21-15-3-2-4-17(11-15)26(29)30)24-7-5-23(6-8-24)13-16-12-18(27)25-9-10-31-20(25)22-16/h2-4,9-12,14H,5-8,13H2,1H3,(H,21,28). The number of hydrogen-bond donors (Lipinski definition) is 1. The first kappa shape index (κ1) is 21.1. The highest BCUT2D eigenvalue weighted by Crippen LogP contribution is 2.18. The van der Waals surface area contributed by atoms with Crippen LogP contribution in [0.25, 0.3) is 4.96 Å². The van der Waals surface area contributed by atoms with Crippen LogP contribution >= 0.6 is 11.3 Å². The van der Waals surface area contributed by atoms with Gasteiger partial charge in [0, 0.05) is 68.2 Å². The van der Waals surface area contributed by atoms with Crippen LogP contribution in [0.1, 0.15) is 12.6 Å². The summed E-state index contributed by atoms with van der Waals surface area (Å²) in [5.41, 5.74) is 1.02. The Kier molecular flexibility index (Phi) is 6.07. The van der Waals surface area contributed by atoms with Crippen molar-refractivity contribution in [2.45, 2.75) is 19.5 Å². The normalized spacial score (nSPS) is 16.3. The van der Waals surface area contributed by atoms with E-state index in [0.717, 1.165) is 18.8 Å². The van der Waals surface area contributed by atoms with Gasteiger partial charge in [-0.3, -0.25) is 33.9 Å². The number of carbonyl (C=O) groups excluding carboxylic acids is 1. The van der Waals surface area contributed by atoms with Crippen LogP contribution in [0.15, 0.2) is 46.7 Å². The van der Waals surface area contributed by atoms with Crippen LogP contribution in [0.5, 0.6) is 0 Å². The molecule has 1 unspecified atom stereocenters. The maximum atomic E-state index is 12.6. The number of carbonyl (C=O) groups is 1. The van der Waals surface area contributed by atoms with Crippen molar-refractivity contribution in [3.63, 3.8) is 0 Å². The molecule has 1 aromatic carbocycles. The summed E-state index contributed by atoms with van der Waals surface area (Å²) < 4.78 is 1.54. The van der Waals surface area contributed by atoms with E-state index in [2.05, 4.69) is 20.1 Å². The van der Waals surface area contributed by atoms with Gasteiger partial charge in [0.1, 0.15) is 0 Å². The predicted octanol–water partition coefficient (Wildman–Crippen LogP) is 1.81. The van der Waals surface area contributed by atoms with Crippen LogP contribution in [0.2, 0.25) is 0 Å². The molecule has 11 heteroatoms. The largest absolute Gasteiger partial charge is 0.324 e. The summed E-state index contributed by atoms with van der Waals surface area (Å²) in [4.78, 5) is 44.7. The molecule has 1 aliphatic rings. The van der Waals surface area contributed by atoms with Crippen LogP contribution in [0, 0.1) is 10.1 Å². The molecule has 4 rings (SSSR count). The predicted molar refractivity (Wildman–Crippen MR) is 117 cm³/mol. The van der Waals surface area contributed by atoms with Gasteiger partial charge < -0.3 is 5.32 Å². The number of thiazole rings is 1. The molecule has 1 fully saturated rings. The fraction of sp³-hybridized carbons (Fsp3) is 0.350.